The number of hydrogen-bond donors (Lipinski definition) is 3. The minimum atomic E-state index is -0.796. The highest BCUT2D eigenvalue weighted by atomic mass is 16.4. The minimum absolute atomic E-state index is 0.0577. The van der Waals surface area contributed by atoms with Crippen LogP contribution in [0.4, 0.5) is 0 Å². The third kappa shape index (κ3) is 1.68. The summed E-state index contributed by atoms with van der Waals surface area (Å²) in [5.41, 5.74) is 5.56. The molecule has 1 saturated heterocycles. The second kappa shape index (κ2) is 2.98. The van der Waals surface area contributed by atoms with Crippen LogP contribution >= 0.6 is 0 Å². The second-order valence-corrected chi connectivity index (χ2v) is 2.63. The average Bonchev–Trinajstić information content (AvgIpc) is 1.88. The lowest BCUT2D eigenvalue weighted by Crippen LogP contribution is -2.47. The molecule has 0 saturated carbocycles. The van der Waals surface area contributed by atoms with E-state index >= 15 is 0 Å². The summed E-state index contributed by atoms with van der Waals surface area (Å²) in [7, 11) is 0. The molecule has 0 aromatic carbocycles. The lowest BCUT2D eigenvalue weighted by atomic mass is 10.0. The molecule has 10 heavy (non-hydrogen) atoms. The number of nitrogens with one attached hydrogen (secondary N) is 1. The van der Waals surface area contributed by atoms with Gasteiger partial charge in [0.2, 0.25) is 0 Å². The van der Waals surface area contributed by atoms with E-state index in [-0.39, 0.29) is 6.04 Å². The van der Waals surface area contributed by atoms with Crippen molar-refractivity contribution >= 4 is 5.97 Å². The molecule has 1 aliphatic heterocycles. The molecule has 0 aromatic heterocycles. The van der Waals surface area contributed by atoms with Gasteiger partial charge in [0.05, 0.1) is 0 Å². The van der Waals surface area contributed by atoms with Crippen molar-refractivity contribution in [2.24, 2.45) is 5.73 Å². The molecule has 2 atom stereocenters. The smallest absolute Gasteiger partial charge is 0.320 e. The lowest BCUT2D eigenvalue weighted by molar-refractivity contribution is -0.140. The quantitative estimate of drug-likeness (QED) is 0.448. The van der Waals surface area contributed by atoms with Gasteiger partial charge < -0.3 is 16.2 Å². The van der Waals surface area contributed by atoms with Crippen LogP contribution in [0.15, 0.2) is 0 Å². The summed E-state index contributed by atoms with van der Waals surface area (Å²) >= 11 is 0. The Morgan fingerprint density at radius 3 is 2.80 bits per heavy atom. The number of carbonyl (C=O) groups is 1. The first-order valence-electron chi connectivity index (χ1n) is 3.42. The number of nitrogens with two attached hydrogens (primary N) is 1. The van der Waals surface area contributed by atoms with Gasteiger partial charge in [-0.15, -0.1) is 0 Å². The molecule has 1 aliphatic rings. The van der Waals surface area contributed by atoms with Gasteiger partial charge in [0, 0.05) is 6.04 Å². The van der Waals surface area contributed by atoms with Crippen molar-refractivity contribution in [1.29, 1.82) is 0 Å². The van der Waals surface area contributed by atoms with E-state index in [0.29, 0.717) is 6.42 Å². The Morgan fingerprint density at radius 2 is 2.40 bits per heavy atom. The van der Waals surface area contributed by atoms with Crippen molar-refractivity contribution in [3.05, 3.63) is 0 Å². The van der Waals surface area contributed by atoms with Crippen molar-refractivity contribution in [3.8, 4) is 0 Å². The third-order valence-electron chi connectivity index (χ3n) is 1.74. The zero-order chi connectivity index (χ0) is 7.56. The highest BCUT2D eigenvalue weighted by molar-refractivity contribution is 5.73. The van der Waals surface area contributed by atoms with Crippen LogP contribution < -0.4 is 11.1 Å². The Bertz CT molecular complexity index is 138. The van der Waals surface area contributed by atoms with E-state index in [0.717, 1.165) is 13.0 Å². The van der Waals surface area contributed by atoms with E-state index < -0.39 is 12.0 Å². The third-order valence-corrected chi connectivity index (χ3v) is 1.74. The van der Waals surface area contributed by atoms with Crippen LogP contribution in [0.1, 0.15) is 12.8 Å². The first-order valence-corrected chi connectivity index (χ1v) is 3.42. The van der Waals surface area contributed by atoms with Gasteiger partial charge in [0.15, 0.2) is 0 Å². The lowest BCUT2D eigenvalue weighted by Gasteiger charge is -2.24. The SMILES string of the molecule is NC1CCNC(C(=O)O)C1. The highest BCUT2D eigenvalue weighted by Gasteiger charge is 2.23. The molecule has 4 nitrogen and oxygen atoms in total. The minimum Gasteiger partial charge on any atom is -0.480 e. The standard InChI is InChI=1S/C6H12N2O2/c7-4-1-2-8-5(3-4)6(9)10/h4-5,8H,1-3,7H2,(H,9,10). The molecule has 58 valence electrons. The predicted octanol–water partition coefficient (Wildman–Crippen LogP) is -0.850. The topological polar surface area (TPSA) is 75.3 Å². The zero-order valence-electron chi connectivity index (χ0n) is 5.71. The van der Waals surface area contributed by atoms with Gasteiger partial charge in [-0.3, -0.25) is 4.79 Å². The van der Waals surface area contributed by atoms with Crippen molar-refractivity contribution < 1.29 is 9.90 Å². The van der Waals surface area contributed by atoms with Crippen molar-refractivity contribution in [2.45, 2.75) is 24.9 Å². The van der Waals surface area contributed by atoms with Gasteiger partial charge in [-0.1, -0.05) is 0 Å². The number of aliphatic carboxylic acids is 1. The van der Waals surface area contributed by atoms with E-state index in [1.807, 2.05) is 0 Å². The largest absolute Gasteiger partial charge is 0.480 e. The Morgan fingerprint density at radius 1 is 1.70 bits per heavy atom. The molecule has 1 heterocycles. The summed E-state index contributed by atoms with van der Waals surface area (Å²) in [4.78, 5) is 10.4. The number of rotatable bonds is 1. The molecular weight excluding hydrogens is 132 g/mol. The van der Waals surface area contributed by atoms with Crippen LogP contribution in [0.5, 0.6) is 0 Å². The summed E-state index contributed by atoms with van der Waals surface area (Å²) in [5, 5.41) is 11.4. The molecule has 0 amide bonds. The van der Waals surface area contributed by atoms with Crippen LogP contribution in [0, 0.1) is 0 Å². The van der Waals surface area contributed by atoms with Crippen molar-refractivity contribution in [1.82, 2.24) is 5.32 Å². The molecular formula is C6H12N2O2. The van der Waals surface area contributed by atoms with E-state index in [1.54, 1.807) is 0 Å². The Kier molecular flexibility index (Phi) is 2.24. The van der Waals surface area contributed by atoms with Crippen molar-refractivity contribution in [2.75, 3.05) is 6.54 Å². The molecule has 4 N–H and O–H groups in total. The fourth-order valence-electron chi connectivity index (χ4n) is 1.14. The van der Waals surface area contributed by atoms with Crippen LogP contribution in [0.25, 0.3) is 0 Å². The molecule has 1 fully saturated rings. The van der Waals surface area contributed by atoms with Crippen LogP contribution in [0.2, 0.25) is 0 Å². The predicted molar refractivity (Wildman–Crippen MR) is 36.6 cm³/mol. The maximum absolute atomic E-state index is 10.4. The summed E-state index contributed by atoms with van der Waals surface area (Å²) in [6, 6.07) is -0.369. The summed E-state index contributed by atoms with van der Waals surface area (Å²) < 4.78 is 0. The fourth-order valence-corrected chi connectivity index (χ4v) is 1.14. The van der Waals surface area contributed by atoms with E-state index in [9.17, 15) is 4.79 Å². The van der Waals surface area contributed by atoms with E-state index in [4.69, 9.17) is 10.8 Å². The van der Waals surface area contributed by atoms with Crippen molar-refractivity contribution in [3.63, 3.8) is 0 Å². The maximum Gasteiger partial charge on any atom is 0.320 e. The molecule has 1 rings (SSSR count). The summed E-state index contributed by atoms with van der Waals surface area (Å²) in [6.07, 6.45) is 1.43. The number of carboxylic acid groups (broad SMARTS) is 1. The Hall–Kier alpha value is -0.610. The molecule has 0 aromatic rings. The van der Waals surface area contributed by atoms with E-state index in [1.165, 1.54) is 0 Å². The van der Waals surface area contributed by atoms with Crippen LogP contribution in [-0.2, 0) is 4.79 Å². The van der Waals surface area contributed by atoms with Gasteiger partial charge in [0.25, 0.3) is 0 Å². The van der Waals surface area contributed by atoms with Gasteiger partial charge in [0.1, 0.15) is 6.04 Å². The number of piperidine rings is 1. The van der Waals surface area contributed by atoms with Gasteiger partial charge >= 0.3 is 5.97 Å². The molecule has 4 heteroatoms. The Labute approximate surface area is 59.4 Å². The first kappa shape index (κ1) is 7.50. The average molecular weight is 144 g/mol. The fraction of sp³-hybridized carbons (Fsp3) is 0.833. The molecule has 0 bridgehead atoms. The van der Waals surface area contributed by atoms with Crippen LogP contribution in [-0.4, -0.2) is 29.7 Å². The van der Waals surface area contributed by atoms with Gasteiger partial charge in [-0.05, 0) is 19.4 Å². The maximum atomic E-state index is 10.4. The van der Waals surface area contributed by atoms with E-state index in [2.05, 4.69) is 5.32 Å². The Balaban J connectivity index is 2.39. The summed E-state index contributed by atoms with van der Waals surface area (Å²) in [5.74, 6) is -0.796. The van der Waals surface area contributed by atoms with Crippen LogP contribution in [0.3, 0.4) is 0 Å². The monoisotopic (exact) mass is 144 g/mol. The van der Waals surface area contributed by atoms with Gasteiger partial charge in [-0.2, -0.15) is 0 Å². The zero-order valence-corrected chi connectivity index (χ0v) is 5.71. The highest BCUT2D eigenvalue weighted by Crippen LogP contribution is 2.05. The van der Waals surface area contributed by atoms with Gasteiger partial charge in [-0.25, -0.2) is 0 Å². The summed E-state index contributed by atoms with van der Waals surface area (Å²) in [6.45, 7) is 0.720. The first-order chi connectivity index (χ1) is 4.70. The molecule has 0 spiro atoms. The molecule has 2 unspecified atom stereocenters. The molecule has 0 aliphatic carbocycles. The number of hydrogen-bond acceptors (Lipinski definition) is 3. The number of carboxylic acids is 1. The second-order valence-electron chi connectivity index (χ2n) is 2.63. The normalized spacial score (nSPS) is 33.7. The molecule has 0 radical (unpaired) electrons.